The number of hydrogen-bond acceptors (Lipinski definition) is 3. The molecule has 2 aromatic rings. The Hall–Kier alpha value is -1.68. The van der Waals surface area contributed by atoms with Gasteiger partial charge in [-0.1, -0.05) is 54.6 Å². The molecular formula is C22H29N3. The molecule has 132 valence electrons. The van der Waals surface area contributed by atoms with Gasteiger partial charge >= 0.3 is 0 Å². The third-order valence-electron chi connectivity index (χ3n) is 5.55. The molecule has 0 aromatic heterocycles. The Labute approximate surface area is 151 Å². The highest BCUT2D eigenvalue weighted by atomic mass is 15.2. The van der Waals surface area contributed by atoms with E-state index < -0.39 is 0 Å². The van der Waals surface area contributed by atoms with Crippen LogP contribution in [0.3, 0.4) is 0 Å². The first-order chi connectivity index (χ1) is 12.4. The molecule has 2 atom stereocenters. The van der Waals surface area contributed by atoms with E-state index in [1.165, 1.54) is 42.5 Å². The first-order valence-electron chi connectivity index (χ1n) is 9.69. The fourth-order valence-corrected chi connectivity index (χ4v) is 4.29. The molecular weight excluding hydrogens is 306 g/mol. The van der Waals surface area contributed by atoms with Crippen LogP contribution in [-0.4, -0.2) is 30.6 Å². The van der Waals surface area contributed by atoms with Gasteiger partial charge in [-0.05, 0) is 49.0 Å². The maximum absolute atomic E-state index is 3.99. The quantitative estimate of drug-likeness (QED) is 0.896. The minimum Gasteiger partial charge on any atom is -0.313 e. The average Bonchev–Trinajstić information content (AvgIpc) is 2.86. The lowest BCUT2D eigenvalue weighted by Crippen LogP contribution is -2.46. The number of fused-ring (bicyclic) bond motifs is 1. The zero-order valence-electron chi connectivity index (χ0n) is 15.0. The summed E-state index contributed by atoms with van der Waals surface area (Å²) in [6.07, 6.45) is 3.75. The molecule has 4 rings (SSSR count). The van der Waals surface area contributed by atoms with Crippen molar-refractivity contribution in [1.82, 2.24) is 15.5 Å². The smallest absolute Gasteiger partial charge is 0.0338 e. The molecule has 0 radical (unpaired) electrons. The summed E-state index contributed by atoms with van der Waals surface area (Å²) in [5.41, 5.74) is 4.37. The Bertz CT molecular complexity index is 670. The second-order valence-electron chi connectivity index (χ2n) is 7.44. The number of hydrogen-bond donors (Lipinski definition) is 2. The zero-order chi connectivity index (χ0) is 16.9. The summed E-state index contributed by atoms with van der Waals surface area (Å²) in [4.78, 5) is 2.61. The molecule has 2 aromatic carbocycles. The average molecular weight is 335 g/mol. The maximum atomic E-state index is 3.99. The number of rotatable bonds is 4. The number of likely N-dealkylation sites (tertiary alicyclic amines) is 1. The second kappa shape index (κ2) is 8.13. The van der Waals surface area contributed by atoms with Crippen molar-refractivity contribution in [3.63, 3.8) is 0 Å². The summed E-state index contributed by atoms with van der Waals surface area (Å²) < 4.78 is 0. The van der Waals surface area contributed by atoms with E-state index in [0.717, 1.165) is 26.2 Å². The van der Waals surface area contributed by atoms with Crippen LogP contribution in [0.2, 0.25) is 0 Å². The highest BCUT2D eigenvalue weighted by Gasteiger charge is 2.25. The molecule has 0 aliphatic carbocycles. The van der Waals surface area contributed by atoms with Crippen molar-refractivity contribution in [3.8, 4) is 0 Å². The van der Waals surface area contributed by atoms with Gasteiger partial charge in [0.1, 0.15) is 0 Å². The van der Waals surface area contributed by atoms with Crippen LogP contribution in [0.15, 0.2) is 54.6 Å². The molecule has 2 heterocycles. The first kappa shape index (κ1) is 16.8. The minimum absolute atomic E-state index is 0.480. The van der Waals surface area contributed by atoms with Crippen LogP contribution in [-0.2, 0) is 13.1 Å². The Morgan fingerprint density at radius 2 is 1.84 bits per heavy atom. The highest BCUT2D eigenvalue weighted by molar-refractivity contribution is 5.31. The Balaban J connectivity index is 1.40. The van der Waals surface area contributed by atoms with E-state index >= 15 is 0 Å². The molecule has 0 spiro atoms. The summed E-state index contributed by atoms with van der Waals surface area (Å²) in [5.74, 6) is 0. The van der Waals surface area contributed by atoms with Gasteiger partial charge in [-0.2, -0.15) is 0 Å². The molecule has 0 amide bonds. The Kier molecular flexibility index (Phi) is 5.46. The molecule has 2 aliphatic heterocycles. The van der Waals surface area contributed by atoms with E-state index in [-0.39, 0.29) is 0 Å². The summed E-state index contributed by atoms with van der Waals surface area (Å²) in [6.45, 7) is 5.53. The van der Waals surface area contributed by atoms with Crippen LogP contribution in [0.25, 0.3) is 0 Å². The van der Waals surface area contributed by atoms with Crippen molar-refractivity contribution in [1.29, 1.82) is 0 Å². The predicted octanol–water partition coefficient (Wildman–Crippen LogP) is 3.48. The Morgan fingerprint density at radius 3 is 2.76 bits per heavy atom. The summed E-state index contributed by atoms with van der Waals surface area (Å²) >= 11 is 0. The molecule has 3 heteroatoms. The van der Waals surface area contributed by atoms with Crippen molar-refractivity contribution >= 4 is 0 Å². The number of nitrogens with zero attached hydrogens (tertiary/aromatic N) is 1. The fourth-order valence-electron chi connectivity index (χ4n) is 4.29. The van der Waals surface area contributed by atoms with Gasteiger partial charge in [-0.25, -0.2) is 0 Å². The lowest BCUT2D eigenvalue weighted by Gasteiger charge is -2.35. The van der Waals surface area contributed by atoms with E-state index in [1.54, 1.807) is 0 Å². The van der Waals surface area contributed by atoms with Gasteiger partial charge in [0.15, 0.2) is 0 Å². The lowest BCUT2D eigenvalue weighted by atomic mass is 9.96. The molecule has 0 saturated carbocycles. The molecule has 1 fully saturated rings. The third-order valence-corrected chi connectivity index (χ3v) is 5.55. The van der Waals surface area contributed by atoms with E-state index in [0.29, 0.717) is 12.1 Å². The fraction of sp³-hybridized carbons (Fsp3) is 0.455. The third kappa shape index (κ3) is 4.30. The highest BCUT2D eigenvalue weighted by Crippen LogP contribution is 2.25. The normalized spacial score (nSPS) is 24.5. The van der Waals surface area contributed by atoms with Gasteiger partial charge in [-0.3, -0.25) is 4.90 Å². The van der Waals surface area contributed by atoms with Gasteiger partial charge in [0.25, 0.3) is 0 Å². The van der Waals surface area contributed by atoms with Crippen molar-refractivity contribution in [2.45, 2.75) is 44.4 Å². The van der Waals surface area contributed by atoms with Crippen molar-refractivity contribution in [2.24, 2.45) is 0 Å². The van der Waals surface area contributed by atoms with Gasteiger partial charge in [0.05, 0.1) is 0 Å². The molecule has 2 N–H and O–H groups in total. The van der Waals surface area contributed by atoms with E-state index in [9.17, 15) is 0 Å². The first-order valence-corrected chi connectivity index (χ1v) is 9.69. The van der Waals surface area contributed by atoms with Crippen LogP contribution in [0.5, 0.6) is 0 Å². The van der Waals surface area contributed by atoms with Crippen LogP contribution in [0.1, 0.15) is 42.0 Å². The van der Waals surface area contributed by atoms with Crippen LogP contribution in [0.4, 0.5) is 0 Å². The lowest BCUT2D eigenvalue weighted by molar-refractivity contribution is 0.174. The summed E-state index contributed by atoms with van der Waals surface area (Å²) in [7, 11) is 0. The zero-order valence-corrected chi connectivity index (χ0v) is 15.0. The number of benzene rings is 2. The van der Waals surface area contributed by atoms with E-state index in [4.69, 9.17) is 0 Å². The van der Waals surface area contributed by atoms with E-state index in [2.05, 4.69) is 70.1 Å². The van der Waals surface area contributed by atoms with Crippen LogP contribution >= 0.6 is 0 Å². The monoisotopic (exact) mass is 335 g/mol. The van der Waals surface area contributed by atoms with Crippen molar-refractivity contribution < 1.29 is 0 Å². The second-order valence-corrected chi connectivity index (χ2v) is 7.44. The predicted molar refractivity (Wildman–Crippen MR) is 103 cm³/mol. The van der Waals surface area contributed by atoms with Crippen LogP contribution in [0, 0.1) is 0 Å². The van der Waals surface area contributed by atoms with Gasteiger partial charge in [0.2, 0.25) is 0 Å². The van der Waals surface area contributed by atoms with Crippen LogP contribution < -0.4 is 10.6 Å². The SMILES string of the molecule is c1ccc(CN2CCCC(NC3CCNCc4ccccc43)C2)cc1. The van der Waals surface area contributed by atoms with Gasteiger partial charge < -0.3 is 10.6 Å². The molecule has 1 saturated heterocycles. The van der Waals surface area contributed by atoms with Crippen molar-refractivity contribution in [2.75, 3.05) is 19.6 Å². The minimum atomic E-state index is 0.480. The summed E-state index contributed by atoms with van der Waals surface area (Å²) in [5, 5.41) is 7.55. The van der Waals surface area contributed by atoms with E-state index in [1.807, 2.05) is 0 Å². The van der Waals surface area contributed by atoms with Gasteiger partial charge in [-0.15, -0.1) is 0 Å². The molecule has 25 heavy (non-hydrogen) atoms. The molecule has 2 unspecified atom stereocenters. The topological polar surface area (TPSA) is 27.3 Å². The largest absolute Gasteiger partial charge is 0.313 e. The van der Waals surface area contributed by atoms with Crippen molar-refractivity contribution in [3.05, 3.63) is 71.3 Å². The molecule has 2 aliphatic rings. The van der Waals surface area contributed by atoms with Gasteiger partial charge in [0, 0.05) is 31.7 Å². The number of nitrogens with one attached hydrogen (secondary N) is 2. The maximum Gasteiger partial charge on any atom is 0.0338 e. The summed E-state index contributed by atoms with van der Waals surface area (Å²) in [6, 6.07) is 20.9. The molecule has 3 nitrogen and oxygen atoms in total. The molecule has 0 bridgehead atoms. The standard InChI is InChI=1S/C22H29N3/c1-2-7-18(8-3-1)16-25-14-6-10-20(17-25)24-22-12-13-23-15-19-9-4-5-11-21(19)22/h1-5,7-9,11,20,22-24H,6,10,12-17H2. The Morgan fingerprint density at radius 1 is 1.00 bits per heavy atom. The number of piperidine rings is 1.